The van der Waals surface area contributed by atoms with Crippen molar-refractivity contribution in [2.75, 3.05) is 39.6 Å². The molecule has 0 aliphatic heterocycles. The summed E-state index contributed by atoms with van der Waals surface area (Å²) in [6.07, 6.45) is 21.6. The minimum atomic E-state index is -0.999. The van der Waals surface area contributed by atoms with E-state index < -0.39 is 28.9 Å². The van der Waals surface area contributed by atoms with Crippen molar-refractivity contribution < 1.29 is 62.3 Å². The van der Waals surface area contributed by atoms with Gasteiger partial charge in [-0.3, -0.25) is 28.8 Å². The number of aliphatic hydroxyl groups is 1. The molecule has 1 N–H and O–H groups in total. The number of carbonyl (C=O) groups is 6. The number of ether oxygens (including phenoxy) is 6. The maximum atomic E-state index is 13.0. The van der Waals surface area contributed by atoms with Crippen molar-refractivity contribution in [2.45, 2.75) is 227 Å². The number of hydrogen-bond acceptors (Lipinski definition) is 13. The minimum Gasteiger partial charge on any atom is -0.465 e. The molecule has 0 amide bonds. The van der Waals surface area contributed by atoms with Crippen LogP contribution in [0.2, 0.25) is 0 Å². The largest absolute Gasteiger partial charge is 0.465 e. The summed E-state index contributed by atoms with van der Waals surface area (Å²) >= 11 is 0. The van der Waals surface area contributed by atoms with Crippen LogP contribution in [-0.2, 0) is 57.2 Å². The van der Waals surface area contributed by atoms with Gasteiger partial charge in [-0.2, -0.15) is 0 Å². The van der Waals surface area contributed by atoms with Gasteiger partial charge in [-0.15, -0.1) is 0 Å². The average molecular weight is 989 g/mol. The van der Waals surface area contributed by atoms with Crippen molar-refractivity contribution >= 4 is 35.8 Å². The lowest BCUT2D eigenvalue weighted by molar-refractivity contribution is -0.163. The lowest BCUT2D eigenvalue weighted by Gasteiger charge is -2.29. The number of aliphatic hydroxyl groups excluding tert-OH is 1. The van der Waals surface area contributed by atoms with Gasteiger partial charge in [0.25, 0.3) is 0 Å². The van der Waals surface area contributed by atoms with Gasteiger partial charge in [-0.1, -0.05) is 130 Å². The van der Waals surface area contributed by atoms with Crippen molar-refractivity contribution in [1.82, 2.24) is 0 Å². The quantitative estimate of drug-likeness (QED) is 0.0531. The monoisotopic (exact) mass is 989 g/mol. The number of esters is 6. The third-order valence-electron chi connectivity index (χ3n) is 16.4. The van der Waals surface area contributed by atoms with E-state index in [1.54, 1.807) is 13.8 Å². The van der Waals surface area contributed by atoms with Crippen LogP contribution >= 0.6 is 0 Å². The Labute approximate surface area is 422 Å². The van der Waals surface area contributed by atoms with Gasteiger partial charge in [0.1, 0.15) is 39.6 Å². The molecule has 0 aromatic carbocycles. The molecule has 0 aromatic rings. The molecule has 4 rings (SSSR count). The minimum absolute atomic E-state index is 0.0378. The predicted octanol–water partition coefficient (Wildman–Crippen LogP) is 11.6. The van der Waals surface area contributed by atoms with E-state index in [1.165, 1.54) is 51.4 Å². The molecular weight excluding hydrogens is 893 g/mol. The van der Waals surface area contributed by atoms with E-state index in [1.807, 2.05) is 0 Å². The van der Waals surface area contributed by atoms with Gasteiger partial charge in [0.2, 0.25) is 0 Å². The van der Waals surface area contributed by atoms with Gasteiger partial charge >= 0.3 is 35.8 Å². The summed E-state index contributed by atoms with van der Waals surface area (Å²) < 4.78 is 34.1. The molecule has 0 aromatic heterocycles. The highest BCUT2D eigenvalue weighted by atomic mass is 16.6. The second-order valence-electron chi connectivity index (χ2n) is 24.0. The Hall–Kier alpha value is -3.22. The first kappa shape index (κ1) is 59.3. The van der Waals surface area contributed by atoms with Crippen LogP contribution in [0.15, 0.2) is 0 Å². The number of hydrogen-bond donors (Lipinski definition) is 1. The second-order valence-corrected chi connectivity index (χ2v) is 24.0. The summed E-state index contributed by atoms with van der Waals surface area (Å²) in [6.45, 7) is 12.0. The van der Waals surface area contributed by atoms with Gasteiger partial charge in [0.05, 0.1) is 16.9 Å². The van der Waals surface area contributed by atoms with Crippen LogP contribution in [0.1, 0.15) is 221 Å². The smallest absolute Gasteiger partial charge is 0.305 e. The van der Waals surface area contributed by atoms with E-state index in [9.17, 15) is 33.9 Å². The van der Waals surface area contributed by atoms with Crippen LogP contribution in [0, 0.1) is 58.2 Å². The van der Waals surface area contributed by atoms with Crippen molar-refractivity contribution in [3.8, 4) is 0 Å². The fourth-order valence-electron chi connectivity index (χ4n) is 10.7. The Morgan fingerprint density at radius 1 is 0.357 bits per heavy atom. The summed E-state index contributed by atoms with van der Waals surface area (Å²) in [5.74, 6) is 2.53. The first-order valence-corrected chi connectivity index (χ1v) is 28.0. The molecule has 0 bridgehead atoms. The molecule has 13 heteroatoms. The van der Waals surface area contributed by atoms with Gasteiger partial charge in [-0.05, 0) is 99.7 Å². The molecule has 0 heterocycles. The maximum absolute atomic E-state index is 13.0. The second kappa shape index (κ2) is 31.4. The van der Waals surface area contributed by atoms with Crippen LogP contribution < -0.4 is 0 Å². The molecule has 0 radical (unpaired) electrons. The van der Waals surface area contributed by atoms with E-state index in [0.717, 1.165) is 101 Å². The van der Waals surface area contributed by atoms with E-state index in [0.29, 0.717) is 49.4 Å². The Balaban J connectivity index is 1.20. The zero-order chi connectivity index (χ0) is 50.9. The lowest BCUT2D eigenvalue weighted by Crippen LogP contribution is -2.37. The van der Waals surface area contributed by atoms with Gasteiger partial charge in [-0.25, -0.2) is 0 Å². The first-order valence-electron chi connectivity index (χ1n) is 28.0. The molecule has 4 fully saturated rings. The highest BCUT2D eigenvalue weighted by molar-refractivity contribution is 5.71. The lowest BCUT2D eigenvalue weighted by atomic mass is 9.81. The molecule has 0 spiro atoms. The zero-order valence-electron chi connectivity index (χ0n) is 44.6. The van der Waals surface area contributed by atoms with Gasteiger partial charge in [0.15, 0.2) is 0 Å². The molecular formula is C57H96O13. The summed E-state index contributed by atoms with van der Waals surface area (Å²) in [5, 5.41) is 10.8. The van der Waals surface area contributed by atoms with Crippen LogP contribution in [0.5, 0.6) is 0 Å². The third-order valence-corrected chi connectivity index (χ3v) is 16.4. The molecule has 13 nitrogen and oxygen atoms in total. The highest BCUT2D eigenvalue weighted by Crippen LogP contribution is 2.35. The Morgan fingerprint density at radius 2 is 0.543 bits per heavy atom. The molecule has 0 unspecified atom stereocenters. The molecule has 70 heavy (non-hydrogen) atoms. The van der Waals surface area contributed by atoms with Crippen molar-refractivity contribution in [1.29, 1.82) is 0 Å². The summed E-state index contributed by atoms with van der Waals surface area (Å²) in [5.41, 5.74) is -1.95. The summed E-state index contributed by atoms with van der Waals surface area (Å²) in [6, 6.07) is 0. The highest BCUT2D eigenvalue weighted by Gasteiger charge is 2.34. The molecule has 4 aliphatic carbocycles. The Kier molecular flexibility index (Phi) is 26.6. The predicted molar refractivity (Wildman–Crippen MR) is 268 cm³/mol. The van der Waals surface area contributed by atoms with Crippen LogP contribution in [0.3, 0.4) is 0 Å². The van der Waals surface area contributed by atoms with Crippen LogP contribution in [-0.4, -0.2) is 86.7 Å². The average Bonchev–Trinajstić information content (AvgIpc) is 3.35. The maximum Gasteiger partial charge on any atom is 0.305 e. The molecule has 402 valence electrons. The zero-order valence-corrected chi connectivity index (χ0v) is 44.6. The summed E-state index contributed by atoms with van der Waals surface area (Å²) in [4.78, 5) is 77.5. The molecule has 4 saturated carbocycles. The standard InChI is InChI=1S/C57H96O13/c1-41-7-15-45(16-8-41)23-29-50(59)65-35-56(5,36-66-51(60)30-24-46-17-9-42(2)10-18-46)39-69-54(63)33-27-49(58)28-34-55(64)70-40-57(6,37-67-52(61)31-25-47-19-11-43(3)12-20-47)38-68-53(62)32-26-48-21-13-44(4)14-22-48/h41-49,58H,7-40H2,1-6H3. The number of carbonyl (C=O) groups excluding carboxylic acids is 6. The van der Waals surface area contributed by atoms with E-state index in [4.69, 9.17) is 28.4 Å². The topological polar surface area (TPSA) is 178 Å². The van der Waals surface area contributed by atoms with Crippen molar-refractivity contribution in [3.63, 3.8) is 0 Å². The Morgan fingerprint density at radius 3 is 0.743 bits per heavy atom. The van der Waals surface area contributed by atoms with E-state index >= 15 is 0 Å². The van der Waals surface area contributed by atoms with Crippen LogP contribution in [0.4, 0.5) is 0 Å². The van der Waals surface area contributed by atoms with Crippen LogP contribution in [0.25, 0.3) is 0 Å². The normalized spacial score (nSPS) is 27.1. The fourth-order valence-corrected chi connectivity index (χ4v) is 10.7. The number of rotatable bonds is 30. The van der Waals surface area contributed by atoms with E-state index in [-0.39, 0.29) is 89.2 Å². The third kappa shape index (κ3) is 24.9. The van der Waals surface area contributed by atoms with Gasteiger partial charge in [0, 0.05) is 38.5 Å². The summed E-state index contributed by atoms with van der Waals surface area (Å²) in [7, 11) is 0. The first-order chi connectivity index (χ1) is 33.4. The fraction of sp³-hybridized carbons (Fsp3) is 0.895. The molecule has 0 atom stereocenters. The SMILES string of the molecule is CC1CCC(CCC(=O)OCC(C)(COC(=O)CCC(O)CCC(=O)OCC(C)(COC(=O)CCC2CCC(C)CC2)COC(=O)CCC2CCC(C)CC2)COC(=O)CCC2CCC(C)CC2)CC1. The van der Waals surface area contributed by atoms with E-state index in [2.05, 4.69) is 27.7 Å². The van der Waals surface area contributed by atoms with Crippen molar-refractivity contribution in [2.24, 2.45) is 58.2 Å². The molecule has 4 aliphatic rings. The van der Waals surface area contributed by atoms with Crippen molar-refractivity contribution in [3.05, 3.63) is 0 Å². The van der Waals surface area contributed by atoms with Gasteiger partial charge < -0.3 is 33.5 Å². The molecule has 0 saturated heterocycles. The Bertz CT molecular complexity index is 1360.